The number of nitrogens with one attached hydrogen (secondary N) is 8. The summed E-state index contributed by atoms with van der Waals surface area (Å²) in [6.45, 7) is 29.8. The van der Waals surface area contributed by atoms with Crippen LogP contribution < -0.4 is 76.9 Å². The molecule has 0 spiro atoms. The summed E-state index contributed by atoms with van der Waals surface area (Å²) in [6.07, 6.45) is -13.4. The third-order valence-electron chi connectivity index (χ3n) is 21.9. The second-order valence-corrected chi connectivity index (χ2v) is 34.1. The highest BCUT2D eigenvalue weighted by molar-refractivity contribution is 6.32. The molecule has 17 atom stereocenters. The highest BCUT2D eigenvalue weighted by Gasteiger charge is 2.56. The zero-order valence-electron chi connectivity index (χ0n) is 79.5. The fourth-order valence-corrected chi connectivity index (χ4v) is 16.1. The minimum absolute atomic E-state index is 0.0157. The van der Waals surface area contributed by atoms with E-state index in [1.54, 1.807) is 13.8 Å². The van der Waals surface area contributed by atoms with Crippen LogP contribution in [0.1, 0.15) is 140 Å². The molecule has 0 saturated carbocycles. The van der Waals surface area contributed by atoms with Crippen molar-refractivity contribution in [2.24, 2.45) is 11.7 Å². The lowest BCUT2D eigenvalue weighted by Crippen LogP contribution is -2.67. The molecule has 44 nitrogen and oxygen atoms in total. The summed E-state index contributed by atoms with van der Waals surface area (Å²) < 4.78 is 111. The number of carbonyl (C=O) groups excluding carboxylic acids is 16. The monoisotopic (exact) mass is 2030 g/mol. The molecule has 5 aromatic carbocycles. The molecule has 7 heterocycles. The molecule has 143 heavy (non-hydrogen) atoms. The predicted octanol–water partition coefficient (Wildman–Crippen LogP) is 7.86. The highest BCUT2D eigenvalue weighted by Crippen LogP contribution is 2.51. The lowest BCUT2D eigenvalue weighted by molar-refractivity contribution is -0.330. The lowest BCUT2D eigenvalue weighted by Gasteiger charge is -2.48. The van der Waals surface area contributed by atoms with Crippen LogP contribution in [-0.4, -0.2) is 233 Å². The Balaban J connectivity index is 1.35. The van der Waals surface area contributed by atoms with Crippen LogP contribution >= 0.6 is 23.2 Å². The molecule has 11 bridgehead atoms. The van der Waals surface area contributed by atoms with Crippen LogP contribution in [0.3, 0.4) is 0 Å². The average Bonchev–Trinajstić information content (AvgIpc) is 0.756. The molecule has 7 aliphatic rings. The molecule has 2 fully saturated rings. The number of ether oxygens (including phenoxy) is 18. The van der Waals surface area contributed by atoms with Gasteiger partial charge in [0.05, 0.1) is 28.6 Å². The topological polar surface area (TPSA) is 565 Å². The number of rotatable bonds is 36. The number of nitrogens with zero attached hydrogens (tertiary/aromatic N) is 1. The Hall–Kier alpha value is -15.1. The number of likely N-dealkylation sites (N-methyl/N-ethyl adjacent to an activating group) is 1. The SMILES string of the molecule is C=CCOC(=O)NN[C@@]1(C)C[C@H](O[C@H]2[C@H](Oc3c4cc5cc3Oc3ccc(cc3Cl)[C@@H](OC(C)=O)[C@@H](NC(=O)[C@@H](CC(C)C)N(C)C(=O)OCC=C)C(=O)N[C@@H](CC(N)=O)C(=O)N[C@H]5C(=O)N[C@H]3C(=O)N[C@H](C(=O)N[C@H](C(=O)OCC=C)c5cc(OCC=C)cc(OCC=C)c5-c5cc3ccc5OCC=C)[C@H](OC(C)=O)c3ccc(c(Cl)c3)O4)O[C@H](COC(C)=O)[C@@H](OC(C)=O)[C@@H]2OC(C)=O)OC[C@H]1OC(C)=O. The predicted molar refractivity (Wildman–Crippen MR) is 501 cm³/mol. The van der Waals surface area contributed by atoms with E-state index in [1.165, 1.54) is 92.9 Å². The van der Waals surface area contributed by atoms with Crippen molar-refractivity contribution in [2.45, 2.75) is 185 Å². The van der Waals surface area contributed by atoms with Gasteiger partial charge in [0.15, 0.2) is 54.4 Å². The summed E-state index contributed by atoms with van der Waals surface area (Å²) in [7, 11) is 1.21. The van der Waals surface area contributed by atoms with Crippen molar-refractivity contribution in [1.29, 1.82) is 0 Å². The Labute approximate surface area is 830 Å². The summed E-state index contributed by atoms with van der Waals surface area (Å²) >= 11 is 14.9. The van der Waals surface area contributed by atoms with Crippen molar-refractivity contribution in [2.75, 3.05) is 59.9 Å². The van der Waals surface area contributed by atoms with Gasteiger partial charge in [0.2, 0.25) is 53.4 Å². The molecule has 9 amide bonds. The number of halogens is 2. The van der Waals surface area contributed by atoms with Gasteiger partial charge in [-0.15, -0.1) is 0 Å². The van der Waals surface area contributed by atoms with E-state index in [1.807, 2.05) is 0 Å². The number of fused-ring (bicyclic) bond motifs is 15. The van der Waals surface area contributed by atoms with Gasteiger partial charge >= 0.3 is 54.0 Å². The zero-order chi connectivity index (χ0) is 105. The van der Waals surface area contributed by atoms with Crippen LogP contribution in [0.25, 0.3) is 11.1 Å². The number of amides is 9. The van der Waals surface area contributed by atoms with E-state index < -0.39 is 281 Å². The molecule has 766 valence electrons. The Morgan fingerprint density at radius 2 is 1.11 bits per heavy atom. The quantitative estimate of drug-likeness (QED) is 0.00797. The van der Waals surface area contributed by atoms with Crippen molar-refractivity contribution >= 4 is 119 Å². The van der Waals surface area contributed by atoms with Crippen LogP contribution in [0.4, 0.5) is 9.59 Å². The number of carbonyl (C=O) groups is 16. The number of nitrogens with two attached hydrogens (primary N) is 1. The van der Waals surface area contributed by atoms with Crippen LogP contribution in [0.2, 0.25) is 10.0 Å². The van der Waals surface area contributed by atoms with Crippen molar-refractivity contribution in [3.63, 3.8) is 0 Å². The minimum Gasteiger partial charge on any atom is -0.489 e. The number of benzene rings is 5. The van der Waals surface area contributed by atoms with Gasteiger partial charge in [-0.2, -0.15) is 0 Å². The van der Waals surface area contributed by atoms with E-state index >= 15 is 33.6 Å². The first kappa shape index (κ1) is 110. The van der Waals surface area contributed by atoms with Gasteiger partial charge in [0.25, 0.3) is 0 Å². The van der Waals surface area contributed by atoms with E-state index in [9.17, 15) is 43.2 Å². The van der Waals surface area contributed by atoms with E-state index in [2.05, 4.69) is 82.2 Å². The van der Waals surface area contributed by atoms with Crippen LogP contribution in [0.5, 0.6) is 46.0 Å². The molecule has 10 N–H and O–H groups in total. The van der Waals surface area contributed by atoms with Gasteiger partial charge in [-0.25, -0.2) is 19.8 Å². The largest absolute Gasteiger partial charge is 0.489 e. The Morgan fingerprint density at radius 1 is 0.559 bits per heavy atom. The van der Waals surface area contributed by atoms with E-state index in [-0.39, 0.29) is 90.1 Å². The molecule has 0 unspecified atom stereocenters. The summed E-state index contributed by atoms with van der Waals surface area (Å²) in [5, 5.41) is 14.5. The zero-order valence-corrected chi connectivity index (χ0v) is 81.0. The molecular weight excluding hydrogens is 1920 g/mol. The van der Waals surface area contributed by atoms with E-state index in [0.29, 0.717) is 0 Å². The first-order valence-corrected chi connectivity index (χ1v) is 45.2. The second-order valence-electron chi connectivity index (χ2n) is 33.3. The third-order valence-corrected chi connectivity index (χ3v) is 22.5. The molecule has 0 aromatic heterocycles. The van der Waals surface area contributed by atoms with E-state index in [4.69, 9.17) is 114 Å². The van der Waals surface area contributed by atoms with Crippen molar-refractivity contribution < 1.29 is 162 Å². The number of esters is 7. The summed E-state index contributed by atoms with van der Waals surface area (Å²) in [4.78, 5) is 235. The normalized spacial score (nSPS) is 23.0. The van der Waals surface area contributed by atoms with Gasteiger partial charge < -0.3 is 123 Å². The summed E-state index contributed by atoms with van der Waals surface area (Å²) in [5.74, 6) is -21.1. The maximum Gasteiger partial charge on any atom is 0.421 e. The van der Waals surface area contributed by atoms with Crippen LogP contribution in [0.15, 0.2) is 155 Å². The Morgan fingerprint density at radius 3 is 1.70 bits per heavy atom. The van der Waals surface area contributed by atoms with Crippen LogP contribution in [-0.2, 0) is 124 Å². The maximum atomic E-state index is 17.1. The summed E-state index contributed by atoms with van der Waals surface area (Å²) in [5.41, 5.74) is 7.78. The molecule has 0 aliphatic carbocycles. The van der Waals surface area contributed by atoms with Gasteiger partial charge in [-0.1, -0.05) is 131 Å². The first-order chi connectivity index (χ1) is 68.0. The molecule has 12 rings (SSSR count). The van der Waals surface area contributed by atoms with Gasteiger partial charge in [0, 0.05) is 77.8 Å². The fraction of sp³-hybridized carbons (Fsp3) is 0.402. The molecule has 7 aliphatic heterocycles. The minimum atomic E-state index is -2.52. The standard InChI is InChI=1S/C97H110Cl2N10O34/c1-17-29-126-58-41-60-75(68(42-58)128-31-19-3)59-36-54(23-26-65(59)127-30-18-2)76-89(119)106-80(92(122)104-78(60)93(123)129-32-20-4)82(136-51(12)113)56-25-28-67(62(99)38-56)140-70-40-57-39-69(83(70)143-94-86(85(138-53(14)115)84(137-52(13)114)71(141-94)45-132-48(9)110)142-74-44-97(15,72(46-133-74)134-49(10)111)108-107-95(124)130-33-21-5)139-66-27-24-55(37-61(66)98)81(135-50(11)112)79(105-88(118)64(35-47(7)8)109(16)96(125)131-34-22-6)91(121)101-63(43-73(100)116)87(117)102-77(57)90(120)103-76/h17-28,36-42,47,63-64,71-72,74,76-82,84-86,94,108H,1-6,29-35,43-46H2,7-16H3,(H2,100,116)(H,101,121)(H,102,117)(H,103,120)(H,104,122)(H,105,118)(H,106,119)(H,107,124)/t63-,64+,71+,72+,74-,76+,77+,78-,79+,80-,81+,82+,84+,85-,86+,94-,97-/m0/s1. The van der Waals surface area contributed by atoms with Crippen LogP contribution in [0, 0.1) is 5.92 Å². The highest BCUT2D eigenvalue weighted by atomic mass is 35.5. The number of hydrazine groups is 1. The van der Waals surface area contributed by atoms with Gasteiger partial charge in [-0.3, -0.25) is 72.7 Å². The second kappa shape index (κ2) is 50.3. The van der Waals surface area contributed by atoms with Crippen molar-refractivity contribution in [1.82, 2.24) is 47.7 Å². The Bertz CT molecular complexity index is 5740. The lowest BCUT2D eigenvalue weighted by atomic mass is 9.89. The maximum absolute atomic E-state index is 17.1. The summed E-state index contributed by atoms with van der Waals surface area (Å²) in [6, 6.07) is 0.159. The molecule has 5 aromatic rings. The fourth-order valence-electron chi connectivity index (χ4n) is 15.7. The molecule has 46 heteroatoms. The number of hydrogen-bond donors (Lipinski definition) is 9. The Kier molecular flexibility index (Phi) is 38.7. The first-order valence-electron chi connectivity index (χ1n) is 44.5. The smallest absolute Gasteiger partial charge is 0.421 e. The number of hydrogen-bond acceptors (Lipinski definition) is 35. The van der Waals surface area contributed by atoms with E-state index in [0.717, 1.165) is 82.8 Å². The molecule has 2 saturated heterocycles. The number of primary amides is 1. The average molecular weight is 2030 g/mol. The van der Waals surface area contributed by atoms with Gasteiger partial charge in [0.1, 0.15) is 123 Å². The third kappa shape index (κ3) is 28.6. The molecular formula is C97H110Cl2N10O34. The van der Waals surface area contributed by atoms with Crippen molar-refractivity contribution in [3.05, 3.63) is 193 Å². The van der Waals surface area contributed by atoms with Crippen molar-refractivity contribution in [3.8, 4) is 57.1 Å². The molecule has 0 radical (unpaired) electrons. The van der Waals surface area contributed by atoms with Gasteiger partial charge in [-0.05, 0) is 96.1 Å².